The third-order valence-corrected chi connectivity index (χ3v) is 7.49. The third kappa shape index (κ3) is 4.70. The molecule has 2 aromatic heterocycles. The highest BCUT2D eigenvalue weighted by molar-refractivity contribution is 6.31. The number of aryl methyl sites for hydroxylation is 2. The first-order valence-electron chi connectivity index (χ1n) is 12.4. The highest BCUT2D eigenvalue weighted by Gasteiger charge is 2.26. The van der Waals surface area contributed by atoms with Crippen molar-refractivity contribution in [1.29, 1.82) is 0 Å². The summed E-state index contributed by atoms with van der Waals surface area (Å²) < 4.78 is 4.60. The minimum absolute atomic E-state index is 0.00123. The van der Waals surface area contributed by atoms with Gasteiger partial charge in [-0.2, -0.15) is 4.98 Å². The van der Waals surface area contributed by atoms with Crippen molar-refractivity contribution in [2.24, 2.45) is 12.8 Å². The van der Waals surface area contributed by atoms with Crippen molar-refractivity contribution in [3.8, 4) is 0 Å². The lowest BCUT2D eigenvalue weighted by Crippen LogP contribution is -2.43. The Kier molecular flexibility index (Phi) is 6.98. The van der Waals surface area contributed by atoms with Crippen LogP contribution in [0.3, 0.4) is 0 Å². The summed E-state index contributed by atoms with van der Waals surface area (Å²) in [7, 11) is 1.66. The Morgan fingerprint density at radius 3 is 2.50 bits per heavy atom. The zero-order valence-electron chi connectivity index (χ0n) is 20.4. The fourth-order valence-corrected chi connectivity index (χ4v) is 5.22. The van der Waals surface area contributed by atoms with E-state index < -0.39 is 0 Å². The molecular weight excluding hydrogens is 476 g/mol. The second-order valence-corrected chi connectivity index (χ2v) is 9.93. The minimum Gasteiger partial charge on any atom is -0.351 e. The van der Waals surface area contributed by atoms with Gasteiger partial charge in [0.25, 0.3) is 5.56 Å². The van der Waals surface area contributed by atoms with Crippen molar-refractivity contribution in [2.75, 3.05) is 5.32 Å². The van der Waals surface area contributed by atoms with Gasteiger partial charge < -0.3 is 11.1 Å². The molecule has 0 aliphatic heterocycles. The van der Waals surface area contributed by atoms with Crippen molar-refractivity contribution in [3.05, 3.63) is 91.6 Å². The Balaban J connectivity index is 1.63. The lowest BCUT2D eigenvalue weighted by molar-refractivity contribution is 0.401. The molecule has 1 saturated carbocycles. The highest BCUT2D eigenvalue weighted by Crippen LogP contribution is 2.25. The summed E-state index contributed by atoms with van der Waals surface area (Å²) in [4.78, 5) is 31.8. The van der Waals surface area contributed by atoms with Gasteiger partial charge in [-0.1, -0.05) is 73.0 Å². The molecule has 0 amide bonds. The van der Waals surface area contributed by atoms with E-state index in [1.54, 1.807) is 7.05 Å². The topological polar surface area (TPSA) is 99.9 Å². The number of hydrogen-bond donors (Lipinski definition) is 2. The lowest BCUT2D eigenvalue weighted by atomic mass is 9.91. The van der Waals surface area contributed by atoms with Gasteiger partial charge in [-0.3, -0.25) is 18.5 Å². The third-order valence-electron chi connectivity index (χ3n) is 7.12. The van der Waals surface area contributed by atoms with Crippen LogP contribution >= 0.6 is 11.6 Å². The summed E-state index contributed by atoms with van der Waals surface area (Å²) in [6, 6.07) is 17.4. The fourth-order valence-electron chi connectivity index (χ4n) is 5.02. The van der Waals surface area contributed by atoms with Crippen molar-refractivity contribution in [3.63, 3.8) is 0 Å². The number of anilines is 1. The molecule has 0 bridgehead atoms. The molecule has 4 aromatic rings. The van der Waals surface area contributed by atoms with Crippen LogP contribution < -0.4 is 22.3 Å². The van der Waals surface area contributed by atoms with Gasteiger partial charge in [-0.25, -0.2) is 4.79 Å². The molecule has 1 aliphatic carbocycles. The predicted molar refractivity (Wildman–Crippen MR) is 144 cm³/mol. The SMILES string of the molecule is Cn1c(=O)n(CCc2ccccc2)c(=O)c2c1nc(NC1CCCCC1N)n2Cc1ccccc1Cl. The quantitative estimate of drug-likeness (QED) is 0.399. The van der Waals surface area contributed by atoms with E-state index in [0.29, 0.717) is 35.1 Å². The molecule has 2 aromatic carbocycles. The standard InChI is InChI=1S/C27H31ClN6O2/c1-32-24-23(25(35)33(27(32)36)16-15-18-9-3-2-4-10-18)34(17-19-11-5-6-12-20(19)28)26(31-24)30-22-14-8-7-13-21(22)29/h2-6,9-12,21-22H,7-8,13-17,29H2,1H3,(H,30,31). The molecule has 2 atom stereocenters. The summed E-state index contributed by atoms with van der Waals surface area (Å²) in [6.45, 7) is 0.617. The van der Waals surface area contributed by atoms with E-state index in [0.717, 1.165) is 36.8 Å². The fraction of sp³-hybridized carbons (Fsp3) is 0.370. The Bertz CT molecular complexity index is 1490. The number of hydrogen-bond acceptors (Lipinski definition) is 5. The van der Waals surface area contributed by atoms with Crippen LogP contribution in [0.4, 0.5) is 5.95 Å². The highest BCUT2D eigenvalue weighted by atomic mass is 35.5. The Labute approximate surface area is 214 Å². The van der Waals surface area contributed by atoms with Crippen molar-refractivity contribution < 1.29 is 0 Å². The summed E-state index contributed by atoms with van der Waals surface area (Å²) in [5.74, 6) is 0.528. The molecule has 9 heteroatoms. The van der Waals surface area contributed by atoms with Crippen LogP contribution in [0.1, 0.15) is 36.8 Å². The molecule has 8 nitrogen and oxygen atoms in total. The minimum atomic E-state index is -0.383. The van der Waals surface area contributed by atoms with Gasteiger partial charge in [0.2, 0.25) is 5.95 Å². The van der Waals surface area contributed by atoms with Gasteiger partial charge in [-0.05, 0) is 36.5 Å². The van der Waals surface area contributed by atoms with E-state index in [-0.39, 0.29) is 29.9 Å². The summed E-state index contributed by atoms with van der Waals surface area (Å²) in [5.41, 5.74) is 8.31. The van der Waals surface area contributed by atoms with Gasteiger partial charge in [-0.15, -0.1) is 0 Å². The van der Waals surface area contributed by atoms with E-state index in [4.69, 9.17) is 22.3 Å². The molecule has 2 unspecified atom stereocenters. The lowest BCUT2D eigenvalue weighted by Gasteiger charge is -2.29. The monoisotopic (exact) mass is 506 g/mol. The maximum atomic E-state index is 13.8. The van der Waals surface area contributed by atoms with Crippen LogP contribution in [-0.2, 0) is 26.6 Å². The molecule has 0 spiro atoms. The van der Waals surface area contributed by atoms with Crippen LogP contribution in [0, 0.1) is 0 Å². The average Bonchev–Trinajstić information content (AvgIpc) is 3.24. The number of nitrogens with zero attached hydrogens (tertiary/aromatic N) is 4. The van der Waals surface area contributed by atoms with Gasteiger partial charge in [0.15, 0.2) is 11.2 Å². The van der Waals surface area contributed by atoms with Crippen LogP contribution in [0.25, 0.3) is 11.2 Å². The summed E-state index contributed by atoms with van der Waals surface area (Å²) in [5, 5.41) is 4.11. The first kappa shape index (κ1) is 24.3. The molecule has 5 rings (SSSR count). The van der Waals surface area contributed by atoms with E-state index in [2.05, 4.69) is 5.32 Å². The average molecular weight is 507 g/mol. The van der Waals surface area contributed by atoms with Crippen LogP contribution in [0.5, 0.6) is 0 Å². The van der Waals surface area contributed by atoms with E-state index >= 15 is 0 Å². The maximum Gasteiger partial charge on any atom is 0.332 e. The van der Waals surface area contributed by atoms with E-state index in [1.807, 2.05) is 59.2 Å². The molecular formula is C27H31ClN6O2. The first-order chi connectivity index (χ1) is 17.4. The van der Waals surface area contributed by atoms with Gasteiger partial charge >= 0.3 is 5.69 Å². The van der Waals surface area contributed by atoms with Gasteiger partial charge in [0, 0.05) is 30.7 Å². The molecule has 188 valence electrons. The maximum absolute atomic E-state index is 13.8. The number of nitrogens with one attached hydrogen (secondary N) is 1. The number of rotatable bonds is 7. The zero-order valence-corrected chi connectivity index (χ0v) is 21.1. The molecule has 1 fully saturated rings. The number of nitrogens with two attached hydrogens (primary N) is 1. The summed E-state index contributed by atoms with van der Waals surface area (Å²) in [6.07, 6.45) is 4.63. The van der Waals surface area contributed by atoms with Crippen LogP contribution in [0.15, 0.2) is 64.2 Å². The predicted octanol–water partition coefficient (Wildman–Crippen LogP) is 3.52. The van der Waals surface area contributed by atoms with Crippen LogP contribution in [0.2, 0.25) is 5.02 Å². The second kappa shape index (κ2) is 10.3. The number of halogens is 1. The molecule has 3 N–H and O–H groups in total. The van der Waals surface area contributed by atoms with Gasteiger partial charge in [0.05, 0.1) is 6.54 Å². The molecule has 2 heterocycles. The van der Waals surface area contributed by atoms with Crippen molar-refractivity contribution in [2.45, 2.75) is 57.3 Å². The van der Waals surface area contributed by atoms with Crippen molar-refractivity contribution in [1.82, 2.24) is 18.7 Å². The number of fused-ring (bicyclic) bond motifs is 1. The molecule has 36 heavy (non-hydrogen) atoms. The summed E-state index contributed by atoms with van der Waals surface area (Å²) >= 11 is 6.49. The largest absolute Gasteiger partial charge is 0.351 e. The number of imidazole rings is 1. The smallest absolute Gasteiger partial charge is 0.332 e. The van der Waals surface area contributed by atoms with Gasteiger partial charge in [0.1, 0.15) is 0 Å². The normalized spacial score (nSPS) is 18.0. The Hall–Kier alpha value is -3.36. The van der Waals surface area contributed by atoms with Crippen LogP contribution in [-0.4, -0.2) is 30.8 Å². The Morgan fingerprint density at radius 2 is 1.75 bits per heavy atom. The number of benzene rings is 2. The zero-order chi connectivity index (χ0) is 25.2. The Morgan fingerprint density at radius 1 is 1.03 bits per heavy atom. The van der Waals surface area contributed by atoms with Crippen molar-refractivity contribution >= 4 is 28.7 Å². The molecule has 0 radical (unpaired) electrons. The first-order valence-corrected chi connectivity index (χ1v) is 12.8. The molecule has 1 aliphatic rings. The number of aromatic nitrogens is 4. The van der Waals surface area contributed by atoms with E-state index in [9.17, 15) is 9.59 Å². The molecule has 0 saturated heterocycles. The van der Waals surface area contributed by atoms with E-state index in [1.165, 1.54) is 9.13 Å². The second-order valence-electron chi connectivity index (χ2n) is 9.52.